The minimum atomic E-state index is -0.0892. The van der Waals surface area contributed by atoms with Gasteiger partial charge in [-0.15, -0.1) is 0 Å². The molecule has 120 valence electrons. The molecule has 1 aromatic heterocycles. The molecule has 0 spiro atoms. The molecule has 1 aliphatic heterocycles. The molecule has 2 atom stereocenters. The van der Waals surface area contributed by atoms with Crippen LogP contribution in [0.2, 0.25) is 0 Å². The number of carbonyl (C=O) groups is 1. The maximum Gasteiger partial charge on any atom is 0.224 e. The van der Waals surface area contributed by atoms with Crippen molar-refractivity contribution in [1.82, 2.24) is 10.3 Å². The van der Waals surface area contributed by atoms with Crippen LogP contribution >= 0.6 is 0 Å². The zero-order valence-corrected chi connectivity index (χ0v) is 13.2. The third kappa shape index (κ3) is 5.58. The van der Waals surface area contributed by atoms with Gasteiger partial charge in [0.15, 0.2) is 0 Å². The molecular formula is C17H24N2O3. The van der Waals surface area contributed by atoms with Crippen molar-refractivity contribution in [3.8, 4) is 0 Å². The summed E-state index contributed by atoms with van der Waals surface area (Å²) in [5, 5.41) is 3.03. The zero-order valence-electron chi connectivity index (χ0n) is 13.2. The average molecular weight is 304 g/mol. The highest BCUT2D eigenvalue weighted by atomic mass is 16.5. The van der Waals surface area contributed by atoms with E-state index in [4.69, 9.17) is 9.47 Å². The number of aromatic nitrogens is 1. The maximum absolute atomic E-state index is 12.2. The Morgan fingerprint density at radius 3 is 2.95 bits per heavy atom. The van der Waals surface area contributed by atoms with Gasteiger partial charge in [-0.1, -0.05) is 11.6 Å². The minimum Gasteiger partial charge on any atom is -0.379 e. The van der Waals surface area contributed by atoms with E-state index in [1.807, 2.05) is 32.1 Å². The first-order valence-electron chi connectivity index (χ1n) is 7.66. The molecule has 1 fully saturated rings. The van der Waals surface area contributed by atoms with Gasteiger partial charge in [-0.25, -0.2) is 0 Å². The molecule has 0 saturated carbocycles. The predicted molar refractivity (Wildman–Crippen MR) is 84.5 cm³/mol. The summed E-state index contributed by atoms with van der Waals surface area (Å²) in [4.78, 5) is 16.1. The van der Waals surface area contributed by atoms with Crippen molar-refractivity contribution in [2.45, 2.75) is 38.8 Å². The fourth-order valence-corrected chi connectivity index (χ4v) is 2.33. The van der Waals surface area contributed by atoms with Crippen LogP contribution in [0.3, 0.4) is 0 Å². The third-order valence-corrected chi connectivity index (χ3v) is 3.56. The summed E-state index contributed by atoms with van der Waals surface area (Å²) in [5.41, 5.74) is 2.18. The van der Waals surface area contributed by atoms with E-state index >= 15 is 0 Å². The van der Waals surface area contributed by atoms with E-state index in [0.29, 0.717) is 26.2 Å². The first-order valence-corrected chi connectivity index (χ1v) is 7.66. The van der Waals surface area contributed by atoms with E-state index in [2.05, 4.69) is 10.3 Å². The predicted octanol–water partition coefficient (Wildman–Crippen LogP) is 1.88. The molecule has 2 heterocycles. The Balaban J connectivity index is 1.85. The molecule has 5 nitrogen and oxygen atoms in total. The van der Waals surface area contributed by atoms with Crippen LogP contribution in [0, 0.1) is 0 Å². The second kappa shape index (κ2) is 8.66. The van der Waals surface area contributed by atoms with Crippen LogP contribution in [-0.2, 0) is 20.7 Å². The van der Waals surface area contributed by atoms with Crippen LogP contribution in [0.1, 0.15) is 25.8 Å². The Morgan fingerprint density at radius 1 is 1.45 bits per heavy atom. The molecule has 0 aromatic carbocycles. The van der Waals surface area contributed by atoms with E-state index < -0.39 is 0 Å². The van der Waals surface area contributed by atoms with E-state index in [1.165, 1.54) is 5.57 Å². The van der Waals surface area contributed by atoms with Gasteiger partial charge in [-0.2, -0.15) is 0 Å². The fourth-order valence-electron chi connectivity index (χ4n) is 2.33. The van der Waals surface area contributed by atoms with Gasteiger partial charge >= 0.3 is 0 Å². The van der Waals surface area contributed by atoms with Crippen LogP contribution in [-0.4, -0.2) is 42.9 Å². The molecule has 1 N–H and O–H groups in total. The number of hydrogen-bond donors (Lipinski definition) is 1. The monoisotopic (exact) mass is 304 g/mol. The SMILES string of the molecule is CC(C)=CCO[C@H]1CCOC[C@H]1NC(=O)Cc1ccncc1. The van der Waals surface area contributed by atoms with Crippen molar-refractivity contribution in [2.24, 2.45) is 0 Å². The van der Waals surface area contributed by atoms with Gasteiger partial charge in [0, 0.05) is 19.0 Å². The van der Waals surface area contributed by atoms with E-state index in [1.54, 1.807) is 12.4 Å². The normalized spacial score (nSPS) is 21.2. The first-order chi connectivity index (χ1) is 10.6. The summed E-state index contributed by atoms with van der Waals surface area (Å²) >= 11 is 0. The number of pyridine rings is 1. The Bertz CT molecular complexity index is 498. The molecule has 0 bridgehead atoms. The van der Waals surface area contributed by atoms with Gasteiger partial charge in [-0.3, -0.25) is 9.78 Å². The fraction of sp³-hybridized carbons (Fsp3) is 0.529. The van der Waals surface area contributed by atoms with Gasteiger partial charge in [-0.05, 0) is 38.0 Å². The topological polar surface area (TPSA) is 60.5 Å². The molecule has 0 aliphatic carbocycles. The first kappa shape index (κ1) is 16.6. The van der Waals surface area contributed by atoms with Crippen LogP contribution in [0.5, 0.6) is 0 Å². The minimum absolute atomic E-state index is 0.00531. The number of nitrogens with zero attached hydrogens (tertiary/aromatic N) is 1. The number of carbonyl (C=O) groups excluding carboxylic acids is 1. The molecule has 1 saturated heterocycles. The van der Waals surface area contributed by atoms with Gasteiger partial charge in [0.2, 0.25) is 5.91 Å². The van der Waals surface area contributed by atoms with Gasteiger partial charge in [0.1, 0.15) is 0 Å². The van der Waals surface area contributed by atoms with Crippen molar-refractivity contribution in [2.75, 3.05) is 19.8 Å². The van der Waals surface area contributed by atoms with Crippen molar-refractivity contribution in [3.05, 3.63) is 41.7 Å². The van der Waals surface area contributed by atoms with Crippen LogP contribution in [0.15, 0.2) is 36.2 Å². The lowest BCUT2D eigenvalue weighted by atomic mass is 10.1. The number of allylic oxidation sites excluding steroid dienone is 1. The lowest BCUT2D eigenvalue weighted by Crippen LogP contribution is -2.51. The van der Waals surface area contributed by atoms with E-state index in [0.717, 1.165) is 12.0 Å². The molecule has 0 unspecified atom stereocenters. The highest BCUT2D eigenvalue weighted by molar-refractivity contribution is 5.78. The lowest BCUT2D eigenvalue weighted by Gasteiger charge is -2.32. The van der Waals surface area contributed by atoms with Crippen molar-refractivity contribution in [1.29, 1.82) is 0 Å². The molecule has 2 rings (SSSR count). The van der Waals surface area contributed by atoms with Gasteiger partial charge in [0.05, 0.1) is 31.8 Å². The van der Waals surface area contributed by atoms with Crippen molar-refractivity contribution < 1.29 is 14.3 Å². The Kier molecular flexibility index (Phi) is 6.55. The van der Waals surface area contributed by atoms with Crippen LogP contribution in [0.4, 0.5) is 0 Å². The highest BCUT2D eigenvalue weighted by Gasteiger charge is 2.27. The second-order valence-electron chi connectivity index (χ2n) is 5.72. The summed E-state index contributed by atoms with van der Waals surface area (Å²) < 4.78 is 11.3. The largest absolute Gasteiger partial charge is 0.379 e. The number of hydrogen-bond acceptors (Lipinski definition) is 4. The smallest absolute Gasteiger partial charge is 0.224 e. The third-order valence-electron chi connectivity index (χ3n) is 3.56. The van der Waals surface area contributed by atoms with Gasteiger partial charge < -0.3 is 14.8 Å². The summed E-state index contributed by atoms with van der Waals surface area (Å²) in [6.45, 7) is 5.84. The highest BCUT2D eigenvalue weighted by Crippen LogP contribution is 2.13. The average Bonchev–Trinajstić information content (AvgIpc) is 2.49. The second-order valence-corrected chi connectivity index (χ2v) is 5.72. The van der Waals surface area contributed by atoms with Crippen molar-refractivity contribution in [3.63, 3.8) is 0 Å². The molecule has 1 aliphatic rings. The molecule has 1 aromatic rings. The van der Waals surface area contributed by atoms with E-state index in [9.17, 15) is 4.79 Å². The molecule has 0 radical (unpaired) electrons. The summed E-state index contributed by atoms with van der Waals surface area (Å²) in [7, 11) is 0. The quantitative estimate of drug-likeness (QED) is 0.815. The van der Waals surface area contributed by atoms with E-state index in [-0.39, 0.29) is 18.1 Å². The maximum atomic E-state index is 12.2. The molecule has 1 amide bonds. The van der Waals surface area contributed by atoms with Gasteiger partial charge in [0.25, 0.3) is 0 Å². The number of amides is 1. The standard InChI is InChI=1S/C17H24N2O3/c1-13(2)5-10-22-16-6-9-21-12-15(16)19-17(20)11-14-3-7-18-8-4-14/h3-5,7-8,15-16H,6,9-12H2,1-2H3,(H,19,20)/t15-,16+/m1/s1. The summed E-state index contributed by atoms with van der Waals surface area (Å²) in [6, 6.07) is 3.60. The lowest BCUT2D eigenvalue weighted by molar-refractivity contribution is -0.125. The van der Waals surface area contributed by atoms with Crippen LogP contribution in [0.25, 0.3) is 0 Å². The number of rotatable bonds is 6. The Labute approximate surface area is 131 Å². The molecule has 5 heteroatoms. The van der Waals surface area contributed by atoms with Crippen molar-refractivity contribution >= 4 is 5.91 Å². The number of nitrogens with one attached hydrogen (secondary N) is 1. The zero-order chi connectivity index (χ0) is 15.8. The molecule has 22 heavy (non-hydrogen) atoms. The summed E-state index contributed by atoms with van der Waals surface area (Å²) in [6.07, 6.45) is 6.59. The summed E-state index contributed by atoms with van der Waals surface area (Å²) in [5.74, 6) is -0.0162. The molecular weight excluding hydrogens is 280 g/mol. The number of ether oxygens (including phenoxy) is 2. The van der Waals surface area contributed by atoms with Crippen LogP contribution < -0.4 is 5.32 Å². The Morgan fingerprint density at radius 2 is 2.23 bits per heavy atom. The Hall–Kier alpha value is -1.72.